The summed E-state index contributed by atoms with van der Waals surface area (Å²) in [4.78, 5) is 14.4. The number of nitrogens with two attached hydrogens (primary N) is 1. The van der Waals surface area contributed by atoms with Crippen molar-refractivity contribution in [2.75, 3.05) is 26.7 Å². The molecule has 0 saturated carbocycles. The fraction of sp³-hybridized carbons (Fsp3) is 0.923. The van der Waals surface area contributed by atoms with Crippen molar-refractivity contribution < 1.29 is 9.53 Å². The molecule has 0 aromatic heterocycles. The number of carbonyl (C=O) groups is 1. The highest BCUT2D eigenvalue weighted by molar-refractivity contribution is 5.82. The monoisotopic (exact) mass is 242 g/mol. The second-order valence-electron chi connectivity index (χ2n) is 5.60. The van der Waals surface area contributed by atoms with Gasteiger partial charge in [0.2, 0.25) is 5.91 Å². The van der Waals surface area contributed by atoms with E-state index in [1.807, 2.05) is 18.7 Å². The summed E-state index contributed by atoms with van der Waals surface area (Å²) in [6.07, 6.45) is 2.79. The first-order valence-electron chi connectivity index (χ1n) is 6.45. The Morgan fingerprint density at radius 1 is 1.59 bits per heavy atom. The van der Waals surface area contributed by atoms with E-state index in [-0.39, 0.29) is 11.5 Å². The normalized spacial score (nSPS) is 28.9. The lowest BCUT2D eigenvalue weighted by molar-refractivity contribution is -0.148. The Bertz CT molecular complexity index is 277. The van der Waals surface area contributed by atoms with E-state index in [1.165, 1.54) is 0 Å². The molecule has 0 aromatic carbocycles. The average molecular weight is 242 g/mol. The van der Waals surface area contributed by atoms with E-state index in [2.05, 4.69) is 6.92 Å². The predicted molar refractivity (Wildman–Crippen MR) is 68.7 cm³/mol. The lowest BCUT2D eigenvalue weighted by Gasteiger charge is -2.42. The number of rotatable bonds is 4. The molecular weight excluding hydrogens is 216 g/mol. The smallest absolute Gasteiger partial charge is 0.229 e. The first-order valence-corrected chi connectivity index (χ1v) is 6.45. The number of amides is 1. The highest BCUT2D eigenvalue weighted by atomic mass is 16.5. The molecule has 0 aliphatic carbocycles. The van der Waals surface area contributed by atoms with Crippen LogP contribution in [0.2, 0.25) is 0 Å². The van der Waals surface area contributed by atoms with Gasteiger partial charge in [-0.25, -0.2) is 0 Å². The molecule has 1 saturated heterocycles. The molecule has 0 radical (unpaired) electrons. The van der Waals surface area contributed by atoms with E-state index in [1.54, 1.807) is 7.11 Å². The van der Waals surface area contributed by atoms with Gasteiger partial charge in [-0.05, 0) is 33.1 Å². The standard InChI is InChI=1S/C13H26N2O2/c1-5-12(2,9-14)11(16)15-8-6-7-13(3,10-15)17-4/h5-10,14H2,1-4H3. The average Bonchev–Trinajstić information content (AvgIpc) is 2.37. The van der Waals surface area contributed by atoms with Crippen LogP contribution >= 0.6 is 0 Å². The zero-order valence-corrected chi connectivity index (χ0v) is 11.6. The first-order chi connectivity index (χ1) is 7.90. The summed E-state index contributed by atoms with van der Waals surface area (Å²) < 4.78 is 5.51. The quantitative estimate of drug-likeness (QED) is 0.810. The van der Waals surface area contributed by atoms with Gasteiger partial charge in [-0.2, -0.15) is 0 Å². The fourth-order valence-electron chi connectivity index (χ4n) is 2.31. The maximum atomic E-state index is 12.5. The van der Waals surface area contributed by atoms with Crippen LogP contribution in [-0.2, 0) is 9.53 Å². The number of hydrogen-bond donors (Lipinski definition) is 1. The molecule has 2 atom stereocenters. The summed E-state index contributed by atoms with van der Waals surface area (Å²) in [5, 5.41) is 0. The highest BCUT2D eigenvalue weighted by Gasteiger charge is 2.39. The topological polar surface area (TPSA) is 55.6 Å². The SMILES string of the molecule is CCC(C)(CN)C(=O)N1CCCC(C)(OC)C1. The van der Waals surface area contributed by atoms with E-state index in [0.717, 1.165) is 25.8 Å². The molecule has 2 N–H and O–H groups in total. The van der Waals surface area contributed by atoms with Crippen LogP contribution in [0.15, 0.2) is 0 Å². The number of ether oxygens (including phenoxy) is 1. The molecule has 1 heterocycles. The van der Waals surface area contributed by atoms with Gasteiger partial charge in [0, 0.05) is 26.7 Å². The van der Waals surface area contributed by atoms with Crippen molar-refractivity contribution in [3.8, 4) is 0 Å². The van der Waals surface area contributed by atoms with Crippen LogP contribution in [-0.4, -0.2) is 43.2 Å². The van der Waals surface area contributed by atoms with Crippen molar-refractivity contribution in [3.05, 3.63) is 0 Å². The van der Waals surface area contributed by atoms with Crippen LogP contribution in [0.3, 0.4) is 0 Å². The molecule has 17 heavy (non-hydrogen) atoms. The van der Waals surface area contributed by atoms with E-state index in [4.69, 9.17) is 10.5 Å². The fourth-order valence-corrected chi connectivity index (χ4v) is 2.31. The lowest BCUT2D eigenvalue weighted by atomic mass is 9.84. The van der Waals surface area contributed by atoms with Crippen LogP contribution in [0.25, 0.3) is 0 Å². The highest BCUT2D eigenvalue weighted by Crippen LogP contribution is 2.29. The Morgan fingerprint density at radius 3 is 2.71 bits per heavy atom. The maximum absolute atomic E-state index is 12.5. The van der Waals surface area contributed by atoms with Crippen molar-refractivity contribution in [1.82, 2.24) is 4.90 Å². The number of nitrogens with zero attached hydrogens (tertiary/aromatic N) is 1. The molecule has 0 bridgehead atoms. The number of carbonyl (C=O) groups excluding carboxylic acids is 1. The van der Waals surface area contributed by atoms with Gasteiger partial charge in [0.1, 0.15) is 0 Å². The number of methoxy groups -OCH3 is 1. The molecule has 1 amide bonds. The van der Waals surface area contributed by atoms with Gasteiger partial charge >= 0.3 is 0 Å². The van der Waals surface area contributed by atoms with Gasteiger partial charge in [0.15, 0.2) is 0 Å². The zero-order valence-electron chi connectivity index (χ0n) is 11.6. The molecule has 1 aliphatic rings. The molecule has 1 fully saturated rings. The third-order valence-corrected chi connectivity index (χ3v) is 4.19. The minimum absolute atomic E-state index is 0.172. The Kier molecular flexibility index (Phi) is 4.55. The third kappa shape index (κ3) is 2.99. The van der Waals surface area contributed by atoms with Gasteiger partial charge < -0.3 is 15.4 Å². The van der Waals surface area contributed by atoms with Gasteiger partial charge in [0.25, 0.3) is 0 Å². The molecule has 0 spiro atoms. The van der Waals surface area contributed by atoms with Gasteiger partial charge in [-0.3, -0.25) is 4.79 Å². The summed E-state index contributed by atoms with van der Waals surface area (Å²) >= 11 is 0. The van der Waals surface area contributed by atoms with E-state index in [0.29, 0.717) is 13.1 Å². The summed E-state index contributed by atoms with van der Waals surface area (Å²) in [6, 6.07) is 0. The van der Waals surface area contributed by atoms with Crippen molar-refractivity contribution in [3.63, 3.8) is 0 Å². The largest absolute Gasteiger partial charge is 0.377 e. The van der Waals surface area contributed by atoms with Crippen LogP contribution in [0.5, 0.6) is 0 Å². The van der Waals surface area contributed by atoms with Crippen LogP contribution in [0, 0.1) is 5.41 Å². The maximum Gasteiger partial charge on any atom is 0.229 e. The molecule has 1 aliphatic heterocycles. The minimum atomic E-state index is -0.425. The number of piperidine rings is 1. The van der Waals surface area contributed by atoms with Gasteiger partial charge in [-0.15, -0.1) is 0 Å². The second kappa shape index (κ2) is 5.36. The van der Waals surface area contributed by atoms with Crippen LogP contribution in [0.4, 0.5) is 0 Å². The summed E-state index contributed by atoms with van der Waals surface area (Å²) in [5.41, 5.74) is 5.12. The third-order valence-electron chi connectivity index (χ3n) is 4.19. The number of likely N-dealkylation sites (tertiary alicyclic amines) is 1. The van der Waals surface area contributed by atoms with Crippen molar-refractivity contribution >= 4 is 5.91 Å². The molecular formula is C13H26N2O2. The summed E-state index contributed by atoms with van der Waals surface area (Å²) in [5.74, 6) is 0.172. The van der Waals surface area contributed by atoms with E-state index < -0.39 is 5.41 Å². The first kappa shape index (κ1) is 14.5. The minimum Gasteiger partial charge on any atom is -0.377 e. The van der Waals surface area contributed by atoms with E-state index in [9.17, 15) is 4.79 Å². The van der Waals surface area contributed by atoms with Crippen LogP contribution < -0.4 is 5.73 Å². The molecule has 2 unspecified atom stereocenters. The van der Waals surface area contributed by atoms with Crippen molar-refractivity contribution in [2.45, 2.75) is 45.6 Å². The lowest BCUT2D eigenvalue weighted by Crippen LogP contribution is -2.54. The molecule has 4 heteroatoms. The van der Waals surface area contributed by atoms with Crippen LogP contribution in [0.1, 0.15) is 40.0 Å². The Hall–Kier alpha value is -0.610. The molecule has 1 rings (SSSR count). The van der Waals surface area contributed by atoms with E-state index >= 15 is 0 Å². The predicted octanol–water partition coefficient (Wildman–Crippen LogP) is 1.39. The number of hydrogen-bond acceptors (Lipinski definition) is 3. The van der Waals surface area contributed by atoms with Crippen molar-refractivity contribution in [2.24, 2.45) is 11.1 Å². The Labute approximate surface area is 104 Å². The summed E-state index contributed by atoms with van der Waals surface area (Å²) in [7, 11) is 1.72. The van der Waals surface area contributed by atoms with Gasteiger partial charge in [-0.1, -0.05) is 6.92 Å². The van der Waals surface area contributed by atoms with Crippen molar-refractivity contribution in [1.29, 1.82) is 0 Å². The molecule has 100 valence electrons. The molecule has 0 aromatic rings. The van der Waals surface area contributed by atoms with Gasteiger partial charge in [0.05, 0.1) is 11.0 Å². The Balaban J connectivity index is 2.76. The molecule has 4 nitrogen and oxygen atoms in total. The second-order valence-corrected chi connectivity index (χ2v) is 5.60. The Morgan fingerprint density at radius 2 is 2.24 bits per heavy atom. The summed E-state index contributed by atoms with van der Waals surface area (Å²) in [6.45, 7) is 7.95. The zero-order chi connectivity index (χ0) is 13.1.